The highest BCUT2D eigenvalue weighted by Gasteiger charge is 2.15. The van der Waals surface area contributed by atoms with Gasteiger partial charge in [-0.25, -0.2) is 0 Å². The molecule has 1 N–H and O–H groups in total. The Kier molecular flexibility index (Phi) is 2.68. The Morgan fingerprint density at radius 3 is 2.71 bits per heavy atom. The molecule has 1 atom stereocenters. The van der Waals surface area contributed by atoms with E-state index >= 15 is 0 Å². The van der Waals surface area contributed by atoms with Crippen LogP contribution in [0.25, 0.3) is 0 Å². The predicted molar refractivity (Wildman–Crippen MR) is 56.3 cm³/mol. The van der Waals surface area contributed by atoms with Crippen molar-refractivity contribution in [1.82, 2.24) is 4.98 Å². The Morgan fingerprint density at radius 2 is 2.29 bits per heavy atom. The number of aliphatic hydroxyl groups is 1. The first-order valence-electron chi connectivity index (χ1n) is 5.20. The molecule has 1 aromatic heterocycles. The van der Waals surface area contributed by atoms with Crippen LogP contribution in [-0.2, 0) is 0 Å². The SMILES string of the molecule is CCC(O)c1ccc(N2CCC2)cn1. The molecule has 1 saturated heterocycles. The largest absolute Gasteiger partial charge is 0.387 e. The Hall–Kier alpha value is -1.09. The zero-order valence-corrected chi connectivity index (χ0v) is 8.48. The van der Waals surface area contributed by atoms with Crippen molar-refractivity contribution in [2.45, 2.75) is 25.9 Å². The van der Waals surface area contributed by atoms with E-state index in [1.54, 1.807) is 0 Å². The summed E-state index contributed by atoms with van der Waals surface area (Å²) in [7, 11) is 0. The molecule has 1 unspecified atom stereocenters. The van der Waals surface area contributed by atoms with Gasteiger partial charge in [0.15, 0.2) is 0 Å². The molecule has 14 heavy (non-hydrogen) atoms. The van der Waals surface area contributed by atoms with Crippen molar-refractivity contribution in [1.29, 1.82) is 0 Å². The first kappa shape index (κ1) is 9.46. The van der Waals surface area contributed by atoms with Crippen molar-refractivity contribution in [2.75, 3.05) is 18.0 Å². The normalized spacial score (nSPS) is 17.7. The minimum Gasteiger partial charge on any atom is -0.387 e. The molecule has 1 aliphatic heterocycles. The third-order valence-electron chi connectivity index (χ3n) is 2.72. The lowest BCUT2D eigenvalue weighted by atomic mass is 10.1. The second-order valence-corrected chi connectivity index (χ2v) is 3.71. The lowest BCUT2D eigenvalue weighted by Gasteiger charge is -2.32. The summed E-state index contributed by atoms with van der Waals surface area (Å²) in [4.78, 5) is 6.55. The van der Waals surface area contributed by atoms with Gasteiger partial charge in [0, 0.05) is 13.1 Å². The van der Waals surface area contributed by atoms with Gasteiger partial charge >= 0.3 is 0 Å². The molecule has 0 radical (unpaired) electrons. The second-order valence-electron chi connectivity index (χ2n) is 3.71. The van der Waals surface area contributed by atoms with E-state index < -0.39 is 6.10 Å². The highest BCUT2D eigenvalue weighted by atomic mass is 16.3. The molecule has 0 saturated carbocycles. The van der Waals surface area contributed by atoms with E-state index in [2.05, 4.69) is 9.88 Å². The van der Waals surface area contributed by atoms with Crippen molar-refractivity contribution in [3.63, 3.8) is 0 Å². The van der Waals surface area contributed by atoms with Gasteiger partial charge in [0.2, 0.25) is 0 Å². The number of anilines is 1. The van der Waals surface area contributed by atoms with Gasteiger partial charge in [-0.2, -0.15) is 0 Å². The summed E-state index contributed by atoms with van der Waals surface area (Å²) >= 11 is 0. The lowest BCUT2D eigenvalue weighted by molar-refractivity contribution is 0.169. The molecule has 0 bridgehead atoms. The summed E-state index contributed by atoms with van der Waals surface area (Å²) in [6.45, 7) is 4.23. The summed E-state index contributed by atoms with van der Waals surface area (Å²) in [6, 6.07) is 3.96. The fraction of sp³-hybridized carbons (Fsp3) is 0.545. The molecule has 1 aromatic rings. The molecule has 1 aliphatic rings. The van der Waals surface area contributed by atoms with Crippen molar-refractivity contribution < 1.29 is 5.11 Å². The first-order chi connectivity index (χ1) is 6.81. The fourth-order valence-electron chi connectivity index (χ4n) is 1.57. The average Bonchev–Trinajstić information content (AvgIpc) is 2.15. The highest BCUT2D eigenvalue weighted by Crippen LogP contribution is 2.21. The molecule has 0 spiro atoms. The average molecular weight is 192 g/mol. The van der Waals surface area contributed by atoms with Crippen molar-refractivity contribution in [2.24, 2.45) is 0 Å². The van der Waals surface area contributed by atoms with Crippen LogP contribution >= 0.6 is 0 Å². The molecule has 3 nitrogen and oxygen atoms in total. The molecule has 0 aliphatic carbocycles. The van der Waals surface area contributed by atoms with E-state index in [0.29, 0.717) is 0 Å². The number of aliphatic hydroxyl groups excluding tert-OH is 1. The Bertz CT molecular complexity index is 269. The van der Waals surface area contributed by atoms with Crippen LogP contribution in [0.15, 0.2) is 18.3 Å². The first-order valence-corrected chi connectivity index (χ1v) is 5.20. The fourth-order valence-corrected chi connectivity index (χ4v) is 1.57. The van der Waals surface area contributed by atoms with Crippen LogP contribution < -0.4 is 4.90 Å². The monoisotopic (exact) mass is 192 g/mol. The van der Waals surface area contributed by atoms with Gasteiger partial charge < -0.3 is 10.0 Å². The minimum absolute atomic E-state index is 0.416. The number of hydrogen-bond donors (Lipinski definition) is 1. The number of rotatable bonds is 3. The van der Waals surface area contributed by atoms with Crippen LogP contribution in [0.2, 0.25) is 0 Å². The maximum Gasteiger partial charge on any atom is 0.0957 e. The Morgan fingerprint density at radius 1 is 1.50 bits per heavy atom. The van der Waals surface area contributed by atoms with Crippen molar-refractivity contribution >= 4 is 5.69 Å². The number of hydrogen-bond acceptors (Lipinski definition) is 3. The van der Waals surface area contributed by atoms with E-state index in [-0.39, 0.29) is 0 Å². The lowest BCUT2D eigenvalue weighted by Crippen LogP contribution is -2.37. The predicted octanol–water partition coefficient (Wildman–Crippen LogP) is 1.74. The van der Waals surface area contributed by atoms with Crippen LogP contribution in [0.5, 0.6) is 0 Å². The minimum atomic E-state index is -0.416. The van der Waals surface area contributed by atoms with Gasteiger partial charge in [-0.15, -0.1) is 0 Å². The molecule has 3 heteroatoms. The van der Waals surface area contributed by atoms with E-state index in [9.17, 15) is 5.11 Å². The van der Waals surface area contributed by atoms with E-state index in [1.165, 1.54) is 12.1 Å². The smallest absolute Gasteiger partial charge is 0.0957 e. The van der Waals surface area contributed by atoms with E-state index in [4.69, 9.17) is 0 Å². The van der Waals surface area contributed by atoms with E-state index in [0.717, 1.165) is 25.2 Å². The van der Waals surface area contributed by atoms with Gasteiger partial charge in [0.1, 0.15) is 0 Å². The maximum atomic E-state index is 9.55. The highest BCUT2D eigenvalue weighted by molar-refractivity contribution is 5.46. The van der Waals surface area contributed by atoms with Gasteiger partial charge in [-0.1, -0.05) is 6.92 Å². The second kappa shape index (κ2) is 3.96. The van der Waals surface area contributed by atoms with Crippen LogP contribution in [-0.4, -0.2) is 23.2 Å². The molecular formula is C11H16N2O. The van der Waals surface area contributed by atoms with Gasteiger partial charge in [-0.05, 0) is 25.0 Å². The van der Waals surface area contributed by atoms with Crippen LogP contribution in [0.1, 0.15) is 31.6 Å². The molecule has 76 valence electrons. The Balaban J connectivity index is 2.09. The number of pyridine rings is 1. The topological polar surface area (TPSA) is 36.4 Å². The standard InChI is InChI=1S/C11H16N2O/c1-2-11(14)10-5-4-9(8-12-10)13-6-3-7-13/h4-5,8,11,14H,2-3,6-7H2,1H3. The summed E-state index contributed by atoms with van der Waals surface area (Å²) < 4.78 is 0. The third-order valence-corrected chi connectivity index (χ3v) is 2.72. The molecular weight excluding hydrogens is 176 g/mol. The van der Waals surface area contributed by atoms with Crippen molar-refractivity contribution in [3.05, 3.63) is 24.0 Å². The quantitative estimate of drug-likeness (QED) is 0.792. The molecule has 0 aromatic carbocycles. The van der Waals surface area contributed by atoms with E-state index in [1.807, 2.05) is 25.3 Å². The number of aromatic nitrogens is 1. The van der Waals surface area contributed by atoms with Crippen LogP contribution in [0.3, 0.4) is 0 Å². The van der Waals surface area contributed by atoms with Gasteiger partial charge in [0.05, 0.1) is 23.7 Å². The summed E-state index contributed by atoms with van der Waals surface area (Å²) in [6.07, 6.45) is 3.43. The van der Waals surface area contributed by atoms with Crippen LogP contribution in [0.4, 0.5) is 5.69 Å². The summed E-state index contributed by atoms with van der Waals surface area (Å²) in [5, 5.41) is 9.55. The summed E-state index contributed by atoms with van der Waals surface area (Å²) in [5.41, 5.74) is 1.94. The zero-order valence-electron chi connectivity index (χ0n) is 8.48. The molecule has 2 rings (SSSR count). The van der Waals surface area contributed by atoms with Crippen LogP contribution in [0, 0.1) is 0 Å². The van der Waals surface area contributed by atoms with Gasteiger partial charge in [0.25, 0.3) is 0 Å². The maximum absolute atomic E-state index is 9.55. The Labute approximate surface area is 84.4 Å². The van der Waals surface area contributed by atoms with Crippen molar-refractivity contribution in [3.8, 4) is 0 Å². The molecule has 0 amide bonds. The number of nitrogens with zero attached hydrogens (tertiary/aromatic N) is 2. The zero-order chi connectivity index (χ0) is 9.97. The van der Waals surface area contributed by atoms with Gasteiger partial charge in [-0.3, -0.25) is 4.98 Å². The summed E-state index contributed by atoms with van der Waals surface area (Å²) in [5.74, 6) is 0. The molecule has 2 heterocycles. The molecule has 1 fully saturated rings. The third kappa shape index (κ3) is 1.73.